The second-order valence-corrected chi connectivity index (χ2v) is 4.55. The number of rotatable bonds is 8. The van der Waals surface area contributed by atoms with Crippen molar-refractivity contribution in [1.29, 1.82) is 0 Å². The third-order valence-corrected chi connectivity index (χ3v) is 2.83. The van der Waals surface area contributed by atoms with Gasteiger partial charge in [-0.05, 0) is 18.9 Å². The van der Waals surface area contributed by atoms with E-state index in [0.717, 1.165) is 6.42 Å². The summed E-state index contributed by atoms with van der Waals surface area (Å²) in [5, 5.41) is 13.5. The molecule has 1 rings (SSSR count). The van der Waals surface area contributed by atoms with Crippen molar-refractivity contribution in [2.24, 2.45) is 0 Å². The smallest absolute Gasteiger partial charge is 0.270 e. The maximum atomic E-state index is 11.9. The zero-order valence-corrected chi connectivity index (χ0v) is 12.0. The first-order valence-corrected chi connectivity index (χ1v) is 6.74. The van der Waals surface area contributed by atoms with Gasteiger partial charge in [-0.2, -0.15) is 0 Å². The van der Waals surface area contributed by atoms with Crippen molar-refractivity contribution in [2.75, 3.05) is 19.8 Å². The van der Waals surface area contributed by atoms with Crippen LogP contribution in [0.25, 0.3) is 0 Å². The van der Waals surface area contributed by atoms with Crippen LogP contribution >= 0.6 is 11.6 Å². The fraction of sp³-hybridized carbons (Fsp3) is 0.462. The summed E-state index contributed by atoms with van der Waals surface area (Å²) in [4.78, 5) is 22.0. The summed E-state index contributed by atoms with van der Waals surface area (Å²) < 4.78 is 5.28. The van der Waals surface area contributed by atoms with Crippen LogP contribution in [0.2, 0.25) is 5.02 Å². The van der Waals surface area contributed by atoms with Crippen LogP contribution in [-0.2, 0) is 4.74 Å². The number of nitrogens with one attached hydrogen (secondary N) is 1. The number of nitro groups is 1. The summed E-state index contributed by atoms with van der Waals surface area (Å²) in [6.07, 6.45) is 1.63. The molecule has 0 aliphatic heterocycles. The second kappa shape index (κ2) is 8.50. The molecule has 1 aromatic carbocycles. The van der Waals surface area contributed by atoms with Gasteiger partial charge in [-0.3, -0.25) is 14.9 Å². The number of benzene rings is 1. The number of non-ortho nitro benzene ring substituents is 1. The Morgan fingerprint density at radius 2 is 2.20 bits per heavy atom. The molecule has 0 aromatic heterocycles. The van der Waals surface area contributed by atoms with Gasteiger partial charge >= 0.3 is 0 Å². The lowest BCUT2D eigenvalue weighted by Crippen LogP contribution is -2.25. The Balaban J connectivity index is 2.50. The molecular weight excluding hydrogens is 284 g/mol. The van der Waals surface area contributed by atoms with Crippen LogP contribution in [0.4, 0.5) is 5.69 Å². The van der Waals surface area contributed by atoms with E-state index in [4.69, 9.17) is 16.3 Å². The van der Waals surface area contributed by atoms with E-state index in [-0.39, 0.29) is 16.3 Å². The lowest BCUT2D eigenvalue weighted by atomic mass is 10.2. The molecule has 0 unspecified atom stereocenters. The van der Waals surface area contributed by atoms with Crippen molar-refractivity contribution in [3.05, 3.63) is 38.9 Å². The number of nitro benzene ring substituents is 1. The van der Waals surface area contributed by atoms with Gasteiger partial charge < -0.3 is 10.1 Å². The Labute approximate surface area is 122 Å². The summed E-state index contributed by atoms with van der Waals surface area (Å²) in [5.41, 5.74) is -0.0545. The van der Waals surface area contributed by atoms with Crippen LogP contribution in [-0.4, -0.2) is 30.6 Å². The molecule has 0 spiro atoms. The van der Waals surface area contributed by atoms with Crippen LogP contribution < -0.4 is 5.32 Å². The monoisotopic (exact) mass is 300 g/mol. The SMILES string of the molecule is CCCOCCCNC(=O)c1cc([N+](=O)[O-])ccc1Cl. The molecule has 0 radical (unpaired) electrons. The maximum absolute atomic E-state index is 11.9. The average Bonchev–Trinajstić information content (AvgIpc) is 2.42. The van der Waals surface area contributed by atoms with Crippen molar-refractivity contribution in [1.82, 2.24) is 5.32 Å². The molecule has 0 fully saturated rings. The number of hydrogen-bond donors (Lipinski definition) is 1. The Morgan fingerprint density at radius 1 is 1.45 bits per heavy atom. The van der Waals surface area contributed by atoms with E-state index in [9.17, 15) is 14.9 Å². The minimum Gasteiger partial charge on any atom is -0.381 e. The lowest BCUT2D eigenvalue weighted by molar-refractivity contribution is -0.384. The molecule has 0 saturated heterocycles. The van der Waals surface area contributed by atoms with E-state index in [0.29, 0.717) is 26.2 Å². The second-order valence-electron chi connectivity index (χ2n) is 4.14. The van der Waals surface area contributed by atoms with Crippen LogP contribution in [0.1, 0.15) is 30.1 Å². The fourth-order valence-corrected chi connectivity index (χ4v) is 1.72. The standard InChI is InChI=1S/C13H17ClN2O4/c1-2-7-20-8-3-6-15-13(17)11-9-10(16(18)19)4-5-12(11)14/h4-5,9H,2-3,6-8H2,1H3,(H,15,17). The van der Waals surface area contributed by atoms with E-state index in [1.165, 1.54) is 18.2 Å². The largest absolute Gasteiger partial charge is 0.381 e. The minimum atomic E-state index is -0.564. The third-order valence-electron chi connectivity index (χ3n) is 2.50. The van der Waals surface area contributed by atoms with Crippen molar-refractivity contribution < 1.29 is 14.5 Å². The zero-order chi connectivity index (χ0) is 15.0. The van der Waals surface area contributed by atoms with Gasteiger partial charge in [0.2, 0.25) is 0 Å². The van der Waals surface area contributed by atoms with Crippen molar-refractivity contribution >= 4 is 23.2 Å². The number of ether oxygens (including phenoxy) is 1. The van der Waals surface area contributed by atoms with Gasteiger partial charge in [0.15, 0.2) is 0 Å². The van der Waals surface area contributed by atoms with Crippen LogP contribution in [0.5, 0.6) is 0 Å². The van der Waals surface area contributed by atoms with E-state index >= 15 is 0 Å². The summed E-state index contributed by atoms with van der Waals surface area (Å²) in [6.45, 7) is 3.72. The average molecular weight is 301 g/mol. The topological polar surface area (TPSA) is 81.5 Å². The van der Waals surface area contributed by atoms with E-state index in [2.05, 4.69) is 5.32 Å². The summed E-state index contributed by atoms with van der Waals surface area (Å²) in [5.74, 6) is -0.422. The van der Waals surface area contributed by atoms with Crippen molar-refractivity contribution in [3.63, 3.8) is 0 Å². The number of nitrogens with zero attached hydrogens (tertiary/aromatic N) is 1. The van der Waals surface area contributed by atoms with Crippen LogP contribution in [0.15, 0.2) is 18.2 Å². The van der Waals surface area contributed by atoms with Gasteiger partial charge in [0.05, 0.1) is 15.5 Å². The summed E-state index contributed by atoms with van der Waals surface area (Å²) in [7, 11) is 0. The first-order valence-electron chi connectivity index (χ1n) is 6.36. The number of amides is 1. The molecule has 1 aromatic rings. The fourth-order valence-electron chi connectivity index (χ4n) is 1.52. The normalized spacial score (nSPS) is 10.3. The van der Waals surface area contributed by atoms with Gasteiger partial charge in [0.25, 0.3) is 11.6 Å². The predicted octanol–water partition coefficient (Wildman–Crippen LogP) is 2.79. The number of hydrogen-bond acceptors (Lipinski definition) is 4. The van der Waals surface area contributed by atoms with Crippen LogP contribution in [0.3, 0.4) is 0 Å². The van der Waals surface area contributed by atoms with Gasteiger partial charge in [-0.15, -0.1) is 0 Å². The molecule has 0 aliphatic carbocycles. The van der Waals surface area contributed by atoms with Gasteiger partial charge in [0.1, 0.15) is 0 Å². The van der Waals surface area contributed by atoms with Crippen molar-refractivity contribution in [2.45, 2.75) is 19.8 Å². The molecule has 110 valence electrons. The minimum absolute atomic E-state index is 0.107. The molecule has 20 heavy (non-hydrogen) atoms. The highest BCUT2D eigenvalue weighted by molar-refractivity contribution is 6.33. The third kappa shape index (κ3) is 5.14. The Kier molecular flexibility index (Phi) is 6.97. The Bertz CT molecular complexity index is 479. The van der Waals surface area contributed by atoms with Gasteiger partial charge in [-0.25, -0.2) is 0 Å². The molecule has 0 heterocycles. The van der Waals surface area contributed by atoms with Gasteiger partial charge in [0, 0.05) is 31.9 Å². The molecular formula is C13H17ClN2O4. The molecule has 6 nitrogen and oxygen atoms in total. The molecule has 1 N–H and O–H groups in total. The molecule has 0 atom stereocenters. The van der Waals surface area contributed by atoms with Gasteiger partial charge in [-0.1, -0.05) is 18.5 Å². The van der Waals surface area contributed by atoms with E-state index in [1.54, 1.807) is 0 Å². The zero-order valence-electron chi connectivity index (χ0n) is 11.2. The lowest BCUT2D eigenvalue weighted by Gasteiger charge is -2.07. The predicted molar refractivity (Wildman–Crippen MR) is 76.2 cm³/mol. The van der Waals surface area contributed by atoms with Crippen molar-refractivity contribution in [3.8, 4) is 0 Å². The molecule has 7 heteroatoms. The van der Waals surface area contributed by atoms with E-state index < -0.39 is 10.8 Å². The molecule has 1 amide bonds. The molecule has 0 saturated carbocycles. The summed E-state index contributed by atoms with van der Waals surface area (Å²) in [6, 6.07) is 3.78. The first kappa shape index (κ1) is 16.4. The first-order chi connectivity index (χ1) is 9.56. The highest BCUT2D eigenvalue weighted by atomic mass is 35.5. The van der Waals surface area contributed by atoms with E-state index in [1.807, 2.05) is 6.92 Å². The van der Waals surface area contributed by atoms with Crippen LogP contribution in [0, 0.1) is 10.1 Å². The molecule has 0 aliphatic rings. The Morgan fingerprint density at radius 3 is 2.85 bits per heavy atom. The quantitative estimate of drug-likeness (QED) is 0.455. The number of carbonyl (C=O) groups excluding carboxylic acids is 1. The Hall–Kier alpha value is -1.66. The molecule has 0 bridgehead atoms. The number of carbonyl (C=O) groups is 1. The summed E-state index contributed by atoms with van der Waals surface area (Å²) >= 11 is 5.87. The highest BCUT2D eigenvalue weighted by Crippen LogP contribution is 2.21. The number of halogens is 1. The maximum Gasteiger partial charge on any atom is 0.270 e. The highest BCUT2D eigenvalue weighted by Gasteiger charge is 2.15.